The summed E-state index contributed by atoms with van der Waals surface area (Å²) in [4.78, 5) is 12.3. The minimum Gasteiger partial charge on any atom is -0.406 e. The molecule has 3 rings (SSSR count). The first-order chi connectivity index (χ1) is 10.1. The summed E-state index contributed by atoms with van der Waals surface area (Å²) in [6.07, 6.45) is 3.95. The van der Waals surface area contributed by atoms with Crippen LogP contribution < -0.4 is 10.6 Å². The maximum Gasteiger partial charge on any atom is 0.322 e. The van der Waals surface area contributed by atoms with Crippen molar-refractivity contribution >= 4 is 11.9 Å². The second-order valence-corrected chi connectivity index (χ2v) is 5.44. The van der Waals surface area contributed by atoms with Gasteiger partial charge in [-0.3, -0.25) is 10.1 Å². The van der Waals surface area contributed by atoms with E-state index in [9.17, 15) is 4.79 Å². The topological polar surface area (TPSA) is 85.0 Å². The molecular formula is C14H19N5O2. The van der Waals surface area contributed by atoms with Gasteiger partial charge in [-0.05, 0) is 45.4 Å². The lowest BCUT2D eigenvalue weighted by Crippen LogP contribution is -2.18. The molecule has 0 aliphatic carbocycles. The molecule has 1 aliphatic rings. The molecule has 1 atom stereocenters. The highest BCUT2D eigenvalue weighted by Crippen LogP contribution is 2.23. The standard InChI is InChI=1S/C14H19N5O2/c1-9(2)19-8-4-6-11(19)12(20)16-14-18-17-13(21-14)10-5-3-7-15-10/h4,6,8-10,15H,3,5,7H2,1-2H3,(H,16,18,20). The smallest absolute Gasteiger partial charge is 0.322 e. The van der Waals surface area contributed by atoms with E-state index in [-0.39, 0.29) is 24.0 Å². The van der Waals surface area contributed by atoms with Crippen LogP contribution in [0.15, 0.2) is 22.7 Å². The quantitative estimate of drug-likeness (QED) is 0.900. The Balaban J connectivity index is 1.71. The van der Waals surface area contributed by atoms with Gasteiger partial charge >= 0.3 is 6.01 Å². The van der Waals surface area contributed by atoms with E-state index < -0.39 is 0 Å². The van der Waals surface area contributed by atoms with Crippen LogP contribution in [0.2, 0.25) is 0 Å². The molecule has 0 aromatic carbocycles. The van der Waals surface area contributed by atoms with Gasteiger partial charge in [0, 0.05) is 12.2 Å². The largest absolute Gasteiger partial charge is 0.406 e. The van der Waals surface area contributed by atoms with E-state index in [4.69, 9.17) is 4.42 Å². The number of hydrogen-bond donors (Lipinski definition) is 2. The van der Waals surface area contributed by atoms with Gasteiger partial charge in [-0.15, -0.1) is 5.10 Å². The summed E-state index contributed by atoms with van der Waals surface area (Å²) in [6, 6.07) is 4.06. The van der Waals surface area contributed by atoms with Gasteiger partial charge < -0.3 is 14.3 Å². The first-order valence-electron chi connectivity index (χ1n) is 7.20. The van der Waals surface area contributed by atoms with Crippen LogP contribution >= 0.6 is 0 Å². The molecule has 112 valence electrons. The number of aromatic nitrogens is 3. The van der Waals surface area contributed by atoms with Gasteiger partial charge in [0.25, 0.3) is 5.91 Å². The van der Waals surface area contributed by atoms with Crippen molar-refractivity contribution < 1.29 is 9.21 Å². The van der Waals surface area contributed by atoms with E-state index in [1.54, 1.807) is 6.07 Å². The molecule has 0 bridgehead atoms. The molecule has 0 saturated carbocycles. The van der Waals surface area contributed by atoms with E-state index in [0.717, 1.165) is 19.4 Å². The van der Waals surface area contributed by atoms with Gasteiger partial charge in [0.15, 0.2) is 0 Å². The molecule has 21 heavy (non-hydrogen) atoms. The molecule has 0 radical (unpaired) electrons. The van der Waals surface area contributed by atoms with Crippen LogP contribution in [0.25, 0.3) is 0 Å². The summed E-state index contributed by atoms with van der Waals surface area (Å²) in [5.74, 6) is 0.283. The van der Waals surface area contributed by atoms with E-state index in [1.165, 1.54) is 0 Å². The fraction of sp³-hybridized carbons (Fsp3) is 0.500. The van der Waals surface area contributed by atoms with Crippen molar-refractivity contribution in [1.82, 2.24) is 20.1 Å². The number of nitrogens with one attached hydrogen (secondary N) is 2. The van der Waals surface area contributed by atoms with E-state index >= 15 is 0 Å². The van der Waals surface area contributed by atoms with Crippen LogP contribution in [0.5, 0.6) is 0 Å². The fourth-order valence-corrected chi connectivity index (χ4v) is 2.52. The fourth-order valence-electron chi connectivity index (χ4n) is 2.52. The maximum atomic E-state index is 12.3. The molecule has 2 aromatic heterocycles. The van der Waals surface area contributed by atoms with Gasteiger partial charge in [0.2, 0.25) is 5.89 Å². The molecule has 2 aromatic rings. The van der Waals surface area contributed by atoms with Crippen LogP contribution in [-0.4, -0.2) is 27.2 Å². The second-order valence-electron chi connectivity index (χ2n) is 5.44. The molecule has 1 saturated heterocycles. The first kappa shape index (κ1) is 13.8. The van der Waals surface area contributed by atoms with Crippen LogP contribution in [0.4, 0.5) is 6.01 Å². The third-order valence-electron chi connectivity index (χ3n) is 3.59. The molecule has 0 spiro atoms. The van der Waals surface area contributed by atoms with Gasteiger partial charge in [-0.25, -0.2) is 0 Å². The molecule has 2 N–H and O–H groups in total. The number of rotatable bonds is 4. The van der Waals surface area contributed by atoms with Crippen molar-refractivity contribution in [3.63, 3.8) is 0 Å². The number of nitrogens with zero attached hydrogens (tertiary/aromatic N) is 3. The Morgan fingerprint density at radius 3 is 3.10 bits per heavy atom. The minimum absolute atomic E-state index is 0.0997. The highest BCUT2D eigenvalue weighted by molar-refractivity contribution is 6.01. The summed E-state index contributed by atoms with van der Waals surface area (Å²) in [7, 11) is 0. The lowest BCUT2D eigenvalue weighted by Gasteiger charge is -2.11. The van der Waals surface area contributed by atoms with Crippen LogP contribution in [0.1, 0.15) is 55.2 Å². The maximum absolute atomic E-state index is 12.3. The zero-order chi connectivity index (χ0) is 14.8. The molecule has 1 unspecified atom stereocenters. The summed E-state index contributed by atoms with van der Waals surface area (Å²) in [5.41, 5.74) is 0.573. The summed E-state index contributed by atoms with van der Waals surface area (Å²) >= 11 is 0. The lowest BCUT2D eigenvalue weighted by molar-refractivity contribution is 0.101. The monoisotopic (exact) mass is 289 g/mol. The van der Waals surface area contributed by atoms with E-state index in [2.05, 4.69) is 20.8 Å². The highest BCUT2D eigenvalue weighted by atomic mass is 16.4. The Labute approximate surface area is 122 Å². The Kier molecular flexibility index (Phi) is 3.74. The van der Waals surface area contributed by atoms with Crippen LogP contribution in [-0.2, 0) is 0 Å². The van der Waals surface area contributed by atoms with Crippen molar-refractivity contribution in [2.75, 3.05) is 11.9 Å². The molecule has 1 fully saturated rings. The van der Waals surface area contributed by atoms with Gasteiger partial charge in [0.1, 0.15) is 5.69 Å². The van der Waals surface area contributed by atoms with Crippen molar-refractivity contribution in [2.45, 2.75) is 38.8 Å². The van der Waals surface area contributed by atoms with Crippen molar-refractivity contribution in [2.24, 2.45) is 0 Å². The summed E-state index contributed by atoms with van der Waals surface area (Å²) in [6.45, 7) is 5.00. The molecule has 3 heterocycles. The molecule has 7 nitrogen and oxygen atoms in total. The summed E-state index contributed by atoms with van der Waals surface area (Å²) in [5, 5.41) is 13.8. The van der Waals surface area contributed by atoms with E-state index in [0.29, 0.717) is 11.6 Å². The van der Waals surface area contributed by atoms with Crippen LogP contribution in [0, 0.1) is 0 Å². The van der Waals surface area contributed by atoms with Crippen molar-refractivity contribution in [3.05, 3.63) is 29.9 Å². The zero-order valence-electron chi connectivity index (χ0n) is 12.2. The molecule has 7 heteroatoms. The first-order valence-corrected chi connectivity index (χ1v) is 7.20. The molecule has 1 amide bonds. The number of amides is 1. The third kappa shape index (κ3) is 2.82. The number of carbonyl (C=O) groups is 1. The molecule has 1 aliphatic heterocycles. The second kappa shape index (κ2) is 5.69. The highest BCUT2D eigenvalue weighted by Gasteiger charge is 2.23. The number of carbonyl (C=O) groups excluding carboxylic acids is 1. The Morgan fingerprint density at radius 1 is 1.52 bits per heavy atom. The average molecular weight is 289 g/mol. The average Bonchev–Trinajstić information content (AvgIpc) is 3.19. The van der Waals surface area contributed by atoms with Gasteiger partial charge in [-0.2, -0.15) is 0 Å². The predicted octanol–water partition coefficient (Wildman–Crippen LogP) is 2.13. The Morgan fingerprint density at radius 2 is 2.38 bits per heavy atom. The lowest BCUT2D eigenvalue weighted by atomic mass is 10.2. The Hall–Kier alpha value is -2.15. The third-order valence-corrected chi connectivity index (χ3v) is 3.59. The number of anilines is 1. The van der Waals surface area contributed by atoms with Gasteiger partial charge in [0.05, 0.1) is 6.04 Å². The van der Waals surface area contributed by atoms with Crippen molar-refractivity contribution in [1.29, 1.82) is 0 Å². The minimum atomic E-state index is -0.247. The normalized spacial score (nSPS) is 18.3. The zero-order valence-corrected chi connectivity index (χ0v) is 12.2. The van der Waals surface area contributed by atoms with Gasteiger partial charge in [-0.1, -0.05) is 5.10 Å². The number of hydrogen-bond acceptors (Lipinski definition) is 5. The summed E-state index contributed by atoms with van der Waals surface area (Å²) < 4.78 is 7.40. The Bertz CT molecular complexity index is 625. The SMILES string of the molecule is CC(C)n1cccc1C(=O)Nc1nnc(C2CCCN2)o1. The van der Waals surface area contributed by atoms with E-state index in [1.807, 2.05) is 30.7 Å². The van der Waals surface area contributed by atoms with Crippen LogP contribution in [0.3, 0.4) is 0 Å². The molecular weight excluding hydrogens is 270 g/mol. The van der Waals surface area contributed by atoms with Crippen molar-refractivity contribution in [3.8, 4) is 0 Å². The predicted molar refractivity (Wildman–Crippen MR) is 77.0 cm³/mol.